The van der Waals surface area contributed by atoms with Gasteiger partial charge >= 0.3 is 0 Å². The topological polar surface area (TPSA) is 88.5 Å². The Morgan fingerprint density at radius 1 is 1.24 bits per heavy atom. The molecule has 5 rings (SSSR count). The molecule has 0 N–H and O–H groups in total. The maximum Gasteiger partial charge on any atom is 0.188 e. The summed E-state index contributed by atoms with van der Waals surface area (Å²) in [5.74, 6) is 3.38. The van der Waals surface area contributed by atoms with E-state index in [2.05, 4.69) is 20.3 Å². The van der Waals surface area contributed by atoms with Crippen molar-refractivity contribution in [1.82, 2.24) is 39.3 Å². The number of halogens is 1. The maximum absolute atomic E-state index is 13.4. The minimum Gasteiger partial charge on any atom is -0.485 e. The third-order valence-electron chi connectivity index (χ3n) is 5.02. The Morgan fingerprint density at radius 2 is 2.17 bits per heavy atom. The number of aromatic nitrogens is 8. The summed E-state index contributed by atoms with van der Waals surface area (Å²) >= 11 is 0. The standard InChI is InChI=1S/C19H19FN8O/c1-26-18(7-8-22-26)28-19(13-5-6-17-21-12-23-27(17)10-13)24-16(25-28)11-29-15-4-2-3-14(20)9-15/h2-4,7-9,12-13H,5-6,10-11H2,1H3. The van der Waals surface area contributed by atoms with Crippen LogP contribution < -0.4 is 4.74 Å². The fraction of sp³-hybridized carbons (Fsp3) is 0.316. The molecule has 0 saturated heterocycles. The molecule has 9 nitrogen and oxygen atoms in total. The van der Waals surface area contributed by atoms with Crippen molar-refractivity contribution in [2.75, 3.05) is 0 Å². The molecule has 1 aromatic carbocycles. The van der Waals surface area contributed by atoms with Gasteiger partial charge in [-0.1, -0.05) is 6.07 Å². The number of hydrogen-bond donors (Lipinski definition) is 0. The van der Waals surface area contributed by atoms with Gasteiger partial charge < -0.3 is 4.74 Å². The van der Waals surface area contributed by atoms with Gasteiger partial charge in [0, 0.05) is 31.5 Å². The molecule has 4 aromatic rings. The van der Waals surface area contributed by atoms with Crippen LogP contribution in [0.25, 0.3) is 5.82 Å². The number of fused-ring (bicyclic) bond motifs is 1. The normalized spacial score (nSPS) is 16.0. The van der Waals surface area contributed by atoms with Crippen molar-refractivity contribution in [3.8, 4) is 11.6 Å². The molecule has 1 aliphatic rings. The Bertz CT molecular complexity index is 1150. The molecule has 4 heterocycles. The van der Waals surface area contributed by atoms with E-state index in [1.165, 1.54) is 12.1 Å². The van der Waals surface area contributed by atoms with Crippen LogP contribution in [-0.4, -0.2) is 39.3 Å². The lowest BCUT2D eigenvalue weighted by Gasteiger charge is -2.22. The summed E-state index contributed by atoms with van der Waals surface area (Å²) in [7, 11) is 1.86. The molecule has 1 atom stereocenters. The van der Waals surface area contributed by atoms with E-state index in [9.17, 15) is 4.39 Å². The second-order valence-corrected chi connectivity index (χ2v) is 6.95. The van der Waals surface area contributed by atoms with Gasteiger partial charge in [-0.2, -0.15) is 14.9 Å². The van der Waals surface area contributed by atoms with E-state index in [4.69, 9.17) is 9.72 Å². The first kappa shape index (κ1) is 17.5. The highest BCUT2D eigenvalue weighted by Gasteiger charge is 2.27. The summed E-state index contributed by atoms with van der Waals surface area (Å²) in [5.41, 5.74) is 0. The van der Waals surface area contributed by atoms with Crippen LogP contribution in [-0.2, 0) is 26.6 Å². The van der Waals surface area contributed by atoms with E-state index >= 15 is 0 Å². The first-order valence-corrected chi connectivity index (χ1v) is 9.36. The summed E-state index contributed by atoms with van der Waals surface area (Å²) in [6, 6.07) is 7.91. The average molecular weight is 394 g/mol. The van der Waals surface area contributed by atoms with Crippen molar-refractivity contribution in [3.63, 3.8) is 0 Å². The molecular formula is C19H19FN8O. The molecule has 0 amide bonds. The molecular weight excluding hydrogens is 375 g/mol. The molecule has 10 heteroatoms. The highest BCUT2D eigenvalue weighted by atomic mass is 19.1. The first-order chi connectivity index (χ1) is 14.2. The molecule has 0 bridgehead atoms. The number of nitrogens with zero attached hydrogens (tertiary/aromatic N) is 8. The van der Waals surface area contributed by atoms with Crippen LogP contribution in [0.3, 0.4) is 0 Å². The quantitative estimate of drug-likeness (QED) is 0.515. The van der Waals surface area contributed by atoms with E-state index in [1.54, 1.807) is 29.3 Å². The van der Waals surface area contributed by atoms with Crippen LogP contribution in [0.4, 0.5) is 4.39 Å². The van der Waals surface area contributed by atoms with Crippen molar-refractivity contribution in [1.29, 1.82) is 0 Å². The molecule has 0 fully saturated rings. The highest BCUT2D eigenvalue weighted by Crippen LogP contribution is 2.28. The predicted octanol–water partition coefficient (Wildman–Crippen LogP) is 2.04. The van der Waals surface area contributed by atoms with E-state index in [-0.39, 0.29) is 18.3 Å². The summed E-state index contributed by atoms with van der Waals surface area (Å²) in [6.45, 7) is 0.832. The van der Waals surface area contributed by atoms with Gasteiger partial charge in [-0.15, -0.1) is 5.10 Å². The van der Waals surface area contributed by atoms with Gasteiger partial charge in [-0.25, -0.2) is 19.0 Å². The zero-order chi connectivity index (χ0) is 19.8. The smallest absolute Gasteiger partial charge is 0.188 e. The van der Waals surface area contributed by atoms with Crippen LogP contribution in [0.1, 0.15) is 29.8 Å². The van der Waals surface area contributed by atoms with Gasteiger partial charge in [-0.05, 0) is 18.6 Å². The van der Waals surface area contributed by atoms with E-state index in [0.29, 0.717) is 18.1 Å². The Hall–Kier alpha value is -3.56. The Labute approximate surface area is 165 Å². The number of ether oxygens (including phenoxy) is 1. The fourth-order valence-electron chi connectivity index (χ4n) is 3.59. The minimum absolute atomic E-state index is 0.134. The van der Waals surface area contributed by atoms with E-state index in [1.807, 2.05) is 22.5 Å². The lowest BCUT2D eigenvalue weighted by atomic mass is 9.99. The van der Waals surface area contributed by atoms with Crippen LogP contribution in [0.5, 0.6) is 5.75 Å². The van der Waals surface area contributed by atoms with Crippen molar-refractivity contribution < 1.29 is 9.13 Å². The fourth-order valence-corrected chi connectivity index (χ4v) is 3.59. The maximum atomic E-state index is 13.4. The van der Waals surface area contributed by atoms with Crippen molar-refractivity contribution in [2.45, 2.75) is 31.9 Å². The van der Waals surface area contributed by atoms with Crippen LogP contribution >= 0.6 is 0 Å². The number of rotatable bonds is 5. The van der Waals surface area contributed by atoms with Gasteiger partial charge in [-0.3, -0.25) is 4.68 Å². The molecule has 148 valence electrons. The van der Waals surface area contributed by atoms with Gasteiger partial charge in [0.15, 0.2) is 11.6 Å². The lowest BCUT2D eigenvalue weighted by molar-refractivity contribution is 0.294. The van der Waals surface area contributed by atoms with Crippen LogP contribution in [0.15, 0.2) is 42.9 Å². The van der Waals surface area contributed by atoms with Gasteiger partial charge in [0.25, 0.3) is 0 Å². The average Bonchev–Trinajstić information content (AvgIpc) is 3.45. The second-order valence-electron chi connectivity index (χ2n) is 6.95. The van der Waals surface area contributed by atoms with Crippen LogP contribution in [0, 0.1) is 5.82 Å². The van der Waals surface area contributed by atoms with Crippen molar-refractivity contribution in [3.05, 3.63) is 66.1 Å². The van der Waals surface area contributed by atoms with Crippen molar-refractivity contribution >= 4 is 0 Å². The highest BCUT2D eigenvalue weighted by molar-refractivity contribution is 5.25. The van der Waals surface area contributed by atoms with Crippen molar-refractivity contribution in [2.24, 2.45) is 7.05 Å². The number of benzene rings is 1. The lowest BCUT2D eigenvalue weighted by Crippen LogP contribution is -2.23. The molecule has 3 aromatic heterocycles. The molecule has 0 spiro atoms. The molecule has 0 aliphatic carbocycles. The minimum atomic E-state index is -0.345. The van der Waals surface area contributed by atoms with E-state index in [0.717, 1.165) is 30.3 Å². The predicted molar refractivity (Wildman–Crippen MR) is 99.9 cm³/mol. The monoisotopic (exact) mass is 394 g/mol. The zero-order valence-electron chi connectivity index (χ0n) is 15.8. The third kappa shape index (κ3) is 3.37. The molecule has 29 heavy (non-hydrogen) atoms. The van der Waals surface area contributed by atoms with Crippen LogP contribution in [0.2, 0.25) is 0 Å². The Morgan fingerprint density at radius 3 is 3.00 bits per heavy atom. The summed E-state index contributed by atoms with van der Waals surface area (Å²) in [6.07, 6.45) is 5.04. The molecule has 1 unspecified atom stereocenters. The molecule has 1 aliphatic heterocycles. The molecule has 0 radical (unpaired) electrons. The van der Waals surface area contributed by atoms with Gasteiger partial charge in [0.1, 0.15) is 36.1 Å². The van der Waals surface area contributed by atoms with Gasteiger partial charge in [0.2, 0.25) is 0 Å². The summed E-state index contributed by atoms with van der Waals surface area (Å²) < 4.78 is 24.6. The SMILES string of the molecule is Cn1nccc1-n1nc(COc2cccc(F)c2)nc1C1CCc2ncnn2C1. The Kier molecular flexibility index (Phi) is 4.30. The van der Waals surface area contributed by atoms with E-state index < -0.39 is 0 Å². The zero-order valence-corrected chi connectivity index (χ0v) is 15.8. The summed E-state index contributed by atoms with van der Waals surface area (Å²) in [5, 5.41) is 13.2. The third-order valence-corrected chi connectivity index (χ3v) is 5.02. The van der Waals surface area contributed by atoms with Gasteiger partial charge in [0.05, 0.1) is 12.7 Å². The first-order valence-electron chi connectivity index (χ1n) is 9.36. The number of hydrogen-bond acceptors (Lipinski definition) is 6. The Balaban J connectivity index is 1.45. The largest absolute Gasteiger partial charge is 0.485 e. The molecule has 0 saturated carbocycles. The second kappa shape index (κ2) is 7.12. The summed E-state index contributed by atoms with van der Waals surface area (Å²) in [4.78, 5) is 9.05. The number of aryl methyl sites for hydroxylation is 2.